The van der Waals surface area contributed by atoms with E-state index >= 15 is 0 Å². The van der Waals surface area contributed by atoms with E-state index in [-0.39, 0.29) is 17.9 Å². The summed E-state index contributed by atoms with van der Waals surface area (Å²) in [6, 6.07) is 50.1. The van der Waals surface area contributed by atoms with Crippen molar-refractivity contribution in [1.82, 2.24) is 0 Å². The quantitative estimate of drug-likeness (QED) is 0.264. The molecule has 2 nitrogen and oxygen atoms in total. The fourth-order valence-corrected chi connectivity index (χ4v) is 6.13. The lowest BCUT2D eigenvalue weighted by Crippen LogP contribution is -2.30. The number of fused-ring (bicyclic) bond motifs is 3. The third-order valence-corrected chi connectivity index (χ3v) is 7.61. The molecule has 1 heterocycles. The van der Waals surface area contributed by atoms with E-state index in [9.17, 15) is 0 Å². The summed E-state index contributed by atoms with van der Waals surface area (Å²) < 4.78 is 0. The second-order valence-electron chi connectivity index (χ2n) is 9.56. The normalized spacial score (nSPS) is 18.6. The van der Waals surface area contributed by atoms with Crippen molar-refractivity contribution in [3.8, 4) is 11.1 Å². The van der Waals surface area contributed by atoms with Crippen molar-refractivity contribution in [1.29, 1.82) is 0 Å². The lowest BCUT2D eigenvalue weighted by molar-refractivity contribution is 0.506. The Morgan fingerprint density at radius 3 is 1.61 bits per heavy atom. The zero-order valence-electron chi connectivity index (χ0n) is 19.9. The standard InChI is InChI=1S/C34H26N2/c1-4-14-24(15-5-1)33-32(31-29-22-12-10-20-27(29)28-21-11-13-23-30(28)31)34(25-16-6-2-7-17-25)36(35-33)26-18-8-3-9-19-26/h1-23,31-32,34H. The van der Waals surface area contributed by atoms with Crippen LogP contribution in [0.15, 0.2) is 145 Å². The maximum Gasteiger partial charge on any atom is 0.0869 e. The minimum absolute atomic E-state index is 0.0630. The first-order valence-electron chi connectivity index (χ1n) is 12.6. The number of hydrogen-bond acceptors (Lipinski definition) is 2. The smallest absolute Gasteiger partial charge is 0.0869 e. The first-order valence-corrected chi connectivity index (χ1v) is 12.6. The van der Waals surface area contributed by atoms with Crippen LogP contribution in [0, 0.1) is 5.92 Å². The van der Waals surface area contributed by atoms with Gasteiger partial charge in [0.15, 0.2) is 0 Å². The van der Waals surface area contributed by atoms with Crippen molar-refractivity contribution in [2.75, 3.05) is 5.01 Å². The van der Waals surface area contributed by atoms with Crippen molar-refractivity contribution in [3.63, 3.8) is 0 Å². The molecule has 7 rings (SSSR count). The molecule has 5 aromatic carbocycles. The lowest BCUT2D eigenvalue weighted by Gasteiger charge is -2.33. The second kappa shape index (κ2) is 8.66. The molecule has 0 saturated carbocycles. The predicted octanol–water partition coefficient (Wildman–Crippen LogP) is 8.08. The van der Waals surface area contributed by atoms with Crippen LogP contribution in [0.1, 0.15) is 34.2 Å². The molecular formula is C34H26N2. The summed E-state index contributed by atoms with van der Waals surface area (Å²) in [4.78, 5) is 0. The third kappa shape index (κ3) is 3.30. The largest absolute Gasteiger partial charge is 0.257 e. The molecule has 2 atom stereocenters. The van der Waals surface area contributed by atoms with Crippen LogP contribution in [0.2, 0.25) is 0 Å². The molecule has 36 heavy (non-hydrogen) atoms. The van der Waals surface area contributed by atoms with Gasteiger partial charge in [0.2, 0.25) is 0 Å². The zero-order chi connectivity index (χ0) is 23.9. The Morgan fingerprint density at radius 1 is 0.500 bits per heavy atom. The van der Waals surface area contributed by atoms with Crippen molar-refractivity contribution >= 4 is 11.4 Å². The summed E-state index contributed by atoms with van der Waals surface area (Å²) in [7, 11) is 0. The lowest BCUT2D eigenvalue weighted by atomic mass is 9.74. The Bertz CT molecular complexity index is 1500. The molecule has 0 N–H and O–H groups in total. The maximum absolute atomic E-state index is 5.41. The van der Waals surface area contributed by atoms with Crippen LogP contribution in [0.4, 0.5) is 5.69 Å². The van der Waals surface area contributed by atoms with Gasteiger partial charge >= 0.3 is 0 Å². The van der Waals surface area contributed by atoms with Gasteiger partial charge in [0.1, 0.15) is 0 Å². The van der Waals surface area contributed by atoms with Crippen LogP contribution in [-0.2, 0) is 0 Å². The van der Waals surface area contributed by atoms with Gasteiger partial charge in [-0.05, 0) is 45.5 Å². The van der Waals surface area contributed by atoms with E-state index in [4.69, 9.17) is 5.10 Å². The van der Waals surface area contributed by atoms with Gasteiger partial charge in [-0.1, -0.05) is 127 Å². The van der Waals surface area contributed by atoms with Gasteiger partial charge in [-0.15, -0.1) is 0 Å². The fraction of sp³-hybridized carbons (Fsp3) is 0.0882. The van der Waals surface area contributed by atoms with Crippen LogP contribution in [0.25, 0.3) is 11.1 Å². The van der Waals surface area contributed by atoms with Gasteiger partial charge in [-0.2, -0.15) is 5.10 Å². The maximum atomic E-state index is 5.41. The molecule has 0 bridgehead atoms. The molecule has 0 amide bonds. The Labute approximate surface area is 212 Å². The highest BCUT2D eigenvalue weighted by Gasteiger charge is 2.47. The average Bonchev–Trinajstić information content (AvgIpc) is 3.51. The molecule has 0 spiro atoms. The summed E-state index contributed by atoms with van der Waals surface area (Å²) in [5, 5.41) is 7.66. The van der Waals surface area contributed by atoms with Crippen molar-refractivity contribution in [2.24, 2.45) is 11.0 Å². The first-order chi connectivity index (χ1) is 17.9. The average molecular weight is 463 g/mol. The molecule has 172 valence electrons. The number of rotatable bonds is 4. The van der Waals surface area contributed by atoms with E-state index < -0.39 is 0 Å². The number of para-hydroxylation sites is 1. The number of nitrogens with zero attached hydrogens (tertiary/aromatic N) is 2. The number of hydrogen-bond donors (Lipinski definition) is 0. The SMILES string of the molecule is c1ccc(C2=NN(c3ccccc3)C(c3ccccc3)C2C2c3ccccc3-c3ccccc32)cc1. The van der Waals surface area contributed by atoms with Crippen molar-refractivity contribution < 1.29 is 0 Å². The zero-order valence-corrected chi connectivity index (χ0v) is 19.9. The molecule has 1 aliphatic heterocycles. The Hall–Kier alpha value is -4.43. The minimum Gasteiger partial charge on any atom is -0.257 e. The third-order valence-electron chi connectivity index (χ3n) is 7.61. The van der Waals surface area contributed by atoms with Gasteiger partial charge in [0.25, 0.3) is 0 Å². The van der Waals surface area contributed by atoms with Crippen molar-refractivity contribution in [3.05, 3.63) is 162 Å². The van der Waals surface area contributed by atoms with Crippen LogP contribution in [0.5, 0.6) is 0 Å². The first kappa shape index (κ1) is 20.9. The molecule has 0 aromatic heterocycles. The molecule has 0 radical (unpaired) electrons. The van der Waals surface area contributed by atoms with Gasteiger partial charge in [-0.3, -0.25) is 5.01 Å². The summed E-state index contributed by atoms with van der Waals surface area (Å²) in [6.45, 7) is 0. The molecule has 1 aliphatic carbocycles. The molecule has 2 heteroatoms. The summed E-state index contributed by atoms with van der Waals surface area (Å²) in [5.74, 6) is 0.343. The topological polar surface area (TPSA) is 15.6 Å². The summed E-state index contributed by atoms with van der Waals surface area (Å²) in [6.07, 6.45) is 0. The van der Waals surface area contributed by atoms with Gasteiger partial charge in [0, 0.05) is 11.8 Å². The van der Waals surface area contributed by atoms with E-state index in [1.54, 1.807) is 0 Å². The fourth-order valence-electron chi connectivity index (χ4n) is 6.13. The second-order valence-corrected chi connectivity index (χ2v) is 9.56. The van der Waals surface area contributed by atoms with Crippen molar-refractivity contribution in [2.45, 2.75) is 12.0 Å². The monoisotopic (exact) mass is 462 g/mol. The molecule has 2 unspecified atom stereocenters. The van der Waals surface area contributed by atoms with E-state index in [0.717, 1.165) is 11.4 Å². The van der Waals surface area contributed by atoms with Crippen LogP contribution in [-0.4, -0.2) is 5.71 Å². The molecule has 5 aromatic rings. The Balaban J connectivity index is 1.50. The highest BCUT2D eigenvalue weighted by molar-refractivity contribution is 6.06. The molecular weight excluding hydrogens is 436 g/mol. The number of hydrazone groups is 1. The molecule has 0 saturated heterocycles. The molecule has 2 aliphatic rings. The van der Waals surface area contributed by atoms with E-state index in [0.29, 0.717) is 0 Å². The highest BCUT2D eigenvalue weighted by atomic mass is 15.5. The van der Waals surface area contributed by atoms with Crippen LogP contribution < -0.4 is 5.01 Å². The Kier molecular flexibility index (Phi) is 5.03. The van der Waals surface area contributed by atoms with Gasteiger partial charge in [0.05, 0.1) is 17.4 Å². The predicted molar refractivity (Wildman–Crippen MR) is 148 cm³/mol. The van der Waals surface area contributed by atoms with Gasteiger partial charge < -0.3 is 0 Å². The van der Waals surface area contributed by atoms with E-state index in [1.165, 1.54) is 33.4 Å². The highest BCUT2D eigenvalue weighted by Crippen LogP contribution is 2.55. The number of anilines is 1. The van der Waals surface area contributed by atoms with E-state index in [2.05, 4.69) is 145 Å². The van der Waals surface area contributed by atoms with Crippen LogP contribution in [0.3, 0.4) is 0 Å². The van der Waals surface area contributed by atoms with Crippen LogP contribution >= 0.6 is 0 Å². The van der Waals surface area contributed by atoms with E-state index in [1.807, 2.05) is 0 Å². The summed E-state index contributed by atoms with van der Waals surface area (Å²) in [5.41, 5.74) is 10.2. The number of benzene rings is 5. The minimum atomic E-state index is 0.0630. The molecule has 0 fully saturated rings. The Morgan fingerprint density at radius 2 is 1.00 bits per heavy atom. The van der Waals surface area contributed by atoms with Gasteiger partial charge in [-0.25, -0.2) is 0 Å². The summed E-state index contributed by atoms with van der Waals surface area (Å²) >= 11 is 0.